The van der Waals surface area contributed by atoms with Gasteiger partial charge in [-0.25, -0.2) is 0 Å². The van der Waals surface area contributed by atoms with Crippen molar-refractivity contribution in [2.45, 2.75) is 18.5 Å². The summed E-state index contributed by atoms with van der Waals surface area (Å²) in [7, 11) is 0. The summed E-state index contributed by atoms with van der Waals surface area (Å²) < 4.78 is 110. The van der Waals surface area contributed by atoms with Gasteiger partial charge in [0, 0.05) is 0 Å². The molecule has 0 aliphatic rings. The van der Waals surface area contributed by atoms with E-state index >= 15 is 0 Å². The van der Waals surface area contributed by atoms with Crippen molar-refractivity contribution in [3.63, 3.8) is 0 Å². The van der Waals surface area contributed by atoms with Crippen molar-refractivity contribution in [2.75, 3.05) is 0 Å². The van der Waals surface area contributed by atoms with E-state index in [1.807, 2.05) is 0 Å². The number of benzene rings is 1. The third kappa shape index (κ3) is 4.68. The molecule has 0 unspecified atom stereocenters. The number of hydrogen-bond acceptors (Lipinski definition) is 0. The number of alkyl halides is 9. The Labute approximate surface area is 113 Å². The van der Waals surface area contributed by atoms with Crippen molar-refractivity contribution in [3.8, 4) is 0 Å². The van der Waals surface area contributed by atoms with Gasteiger partial charge >= 0.3 is 38.3 Å². The first-order chi connectivity index (χ1) is 7.82. The zero-order chi connectivity index (χ0) is 14.4. The minimum atomic E-state index is -5.29. The molecule has 1 aromatic rings. The number of halogens is 9. The van der Waals surface area contributed by atoms with E-state index in [2.05, 4.69) is 0 Å². The maximum absolute atomic E-state index is 12.2. The molecule has 0 radical (unpaired) electrons. The van der Waals surface area contributed by atoms with Gasteiger partial charge in [0.25, 0.3) is 0 Å². The zero-order valence-corrected chi connectivity index (χ0v) is 8.13. The van der Waals surface area contributed by atoms with Crippen molar-refractivity contribution in [2.24, 2.45) is 0 Å². The first kappa shape index (κ1) is 18.2. The first-order valence-corrected chi connectivity index (χ1v) is 4.18. The summed E-state index contributed by atoms with van der Waals surface area (Å²) in [6.07, 6.45) is -15.9. The van der Waals surface area contributed by atoms with Crippen molar-refractivity contribution < 1.29 is 39.5 Å². The Morgan fingerprint density at radius 2 is 0.632 bits per heavy atom. The molecular weight excluding hydrogens is 349 g/mol. The Morgan fingerprint density at radius 1 is 0.474 bits per heavy atom. The van der Waals surface area contributed by atoms with Crippen LogP contribution in [-0.4, -0.2) is 19.8 Å². The summed E-state index contributed by atoms with van der Waals surface area (Å²) in [5.41, 5.74) is -5.99. The Kier molecular flexibility index (Phi) is 5.09. The molecule has 0 atom stereocenters. The molecule has 108 valence electrons. The average molecular weight is 355 g/mol. The summed E-state index contributed by atoms with van der Waals surface area (Å²) >= 11 is 0. The third-order valence-electron chi connectivity index (χ3n) is 1.91. The second-order valence-corrected chi connectivity index (χ2v) is 3.29. The van der Waals surface area contributed by atoms with Gasteiger partial charge in [0.05, 0.1) is 16.7 Å². The summed E-state index contributed by atoms with van der Waals surface area (Å²) in [6.45, 7) is 0. The molecule has 0 aromatic heterocycles. The number of hydrogen-bond donors (Lipinski definition) is 0. The molecule has 0 aliphatic heterocycles. The van der Waals surface area contributed by atoms with E-state index in [-0.39, 0.29) is 38.0 Å². The SMILES string of the molecule is FC(F)(F)c1cc(C(F)(F)F)cc(C(F)(F)F)c1.[GaH3]. The van der Waals surface area contributed by atoms with Crippen LogP contribution >= 0.6 is 0 Å². The molecule has 0 fully saturated rings. The Hall–Kier alpha value is -0.774. The summed E-state index contributed by atoms with van der Waals surface area (Å²) in [5.74, 6) is 0. The van der Waals surface area contributed by atoms with Gasteiger partial charge in [-0.3, -0.25) is 0 Å². The zero-order valence-electron chi connectivity index (χ0n) is 8.13. The maximum atomic E-state index is 12.2. The molecule has 0 N–H and O–H groups in total. The Bertz CT molecular complexity index is 361. The summed E-state index contributed by atoms with van der Waals surface area (Å²) in [4.78, 5) is 0. The van der Waals surface area contributed by atoms with Gasteiger partial charge < -0.3 is 0 Å². The summed E-state index contributed by atoms with van der Waals surface area (Å²) in [6, 6.07) is -1.10. The van der Waals surface area contributed by atoms with E-state index in [0.717, 1.165) is 0 Å². The van der Waals surface area contributed by atoms with Gasteiger partial charge in [-0.1, -0.05) is 0 Å². The van der Waals surface area contributed by atoms with Gasteiger partial charge in [-0.2, -0.15) is 39.5 Å². The van der Waals surface area contributed by atoms with Gasteiger partial charge in [0.15, 0.2) is 0 Å². The quantitative estimate of drug-likeness (QED) is 0.493. The van der Waals surface area contributed by atoms with Gasteiger partial charge in [0.1, 0.15) is 0 Å². The molecule has 0 nitrogen and oxygen atoms in total. The predicted octanol–water partition coefficient (Wildman–Crippen LogP) is 3.56. The summed E-state index contributed by atoms with van der Waals surface area (Å²) in [5, 5.41) is 0. The minimum absolute atomic E-state index is 0. The van der Waals surface area contributed by atoms with Crippen LogP contribution in [0.1, 0.15) is 16.7 Å². The Morgan fingerprint density at radius 3 is 0.737 bits per heavy atom. The first-order valence-electron chi connectivity index (χ1n) is 4.18. The van der Waals surface area contributed by atoms with Gasteiger partial charge in [-0.15, -0.1) is 0 Å². The van der Waals surface area contributed by atoms with Gasteiger partial charge in [0.2, 0.25) is 0 Å². The van der Waals surface area contributed by atoms with Crippen molar-refractivity contribution in [3.05, 3.63) is 34.9 Å². The van der Waals surface area contributed by atoms with Crippen LogP contribution in [0.2, 0.25) is 0 Å². The molecule has 0 amide bonds. The van der Waals surface area contributed by atoms with E-state index in [9.17, 15) is 39.5 Å². The fraction of sp³-hybridized carbons (Fsp3) is 0.333. The standard InChI is InChI=1S/C9H3F9.Ga.3H/c10-7(11,12)4-1-5(8(13,14)15)3-6(2-4)9(16,17)18;;;;/h1-3H;;;;. The molecule has 1 rings (SSSR count). The van der Waals surface area contributed by atoms with Crippen LogP contribution in [0.25, 0.3) is 0 Å². The molecule has 0 saturated carbocycles. The van der Waals surface area contributed by atoms with Crippen LogP contribution in [0.5, 0.6) is 0 Å². The van der Waals surface area contributed by atoms with E-state index in [1.165, 1.54) is 0 Å². The molecule has 0 saturated heterocycles. The van der Waals surface area contributed by atoms with Crippen LogP contribution in [-0.2, 0) is 18.5 Å². The monoisotopic (exact) mass is 354 g/mol. The second kappa shape index (κ2) is 5.31. The fourth-order valence-corrected chi connectivity index (χ4v) is 1.12. The van der Waals surface area contributed by atoms with Crippen molar-refractivity contribution >= 4 is 19.8 Å². The molecule has 10 heteroatoms. The van der Waals surface area contributed by atoms with Crippen LogP contribution in [0, 0.1) is 0 Å². The third-order valence-corrected chi connectivity index (χ3v) is 1.91. The topological polar surface area (TPSA) is 0 Å². The van der Waals surface area contributed by atoms with E-state index in [1.54, 1.807) is 0 Å². The fourth-order valence-electron chi connectivity index (χ4n) is 1.12. The van der Waals surface area contributed by atoms with Crippen LogP contribution in [0.4, 0.5) is 39.5 Å². The second-order valence-electron chi connectivity index (χ2n) is 3.29. The Balaban J connectivity index is 0.00000324. The number of rotatable bonds is 0. The molecular formula is C9H6F9Ga. The molecule has 0 heterocycles. The predicted molar refractivity (Wildman–Crippen MR) is 51.4 cm³/mol. The molecule has 1 aromatic carbocycles. The normalized spacial score (nSPS) is 13.1. The molecule has 19 heavy (non-hydrogen) atoms. The van der Waals surface area contributed by atoms with Crippen molar-refractivity contribution in [1.29, 1.82) is 0 Å². The molecule has 0 aliphatic carbocycles. The average Bonchev–Trinajstić information content (AvgIpc) is 2.13. The van der Waals surface area contributed by atoms with E-state index in [0.29, 0.717) is 0 Å². The van der Waals surface area contributed by atoms with E-state index in [4.69, 9.17) is 0 Å². The van der Waals surface area contributed by atoms with Crippen molar-refractivity contribution in [1.82, 2.24) is 0 Å². The van der Waals surface area contributed by atoms with Crippen LogP contribution in [0.15, 0.2) is 18.2 Å². The molecule has 0 bridgehead atoms. The van der Waals surface area contributed by atoms with Crippen LogP contribution < -0.4 is 0 Å². The van der Waals surface area contributed by atoms with Gasteiger partial charge in [-0.05, 0) is 18.2 Å². The van der Waals surface area contributed by atoms with E-state index < -0.39 is 35.2 Å². The molecule has 0 spiro atoms. The van der Waals surface area contributed by atoms with Crippen LogP contribution in [0.3, 0.4) is 0 Å².